The maximum atomic E-state index is 11.8. The van der Waals surface area contributed by atoms with Crippen molar-refractivity contribution in [1.82, 2.24) is 15.0 Å². The number of benzene rings is 1. The summed E-state index contributed by atoms with van der Waals surface area (Å²) in [6.45, 7) is 3.92. The number of hydrogen-bond acceptors (Lipinski definition) is 5. The van der Waals surface area contributed by atoms with Gasteiger partial charge < -0.3 is 14.2 Å². The van der Waals surface area contributed by atoms with E-state index in [2.05, 4.69) is 22.3 Å². The molecular weight excluding hydrogens is 294 g/mol. The van der Waals surface area contributed by atoms with Crippen molar-refractivity contribution in [2.24, 2.45) is 0 Å². The number of rotatable bonds is 6. The zero-order valence-corrected chi connectivity index (χ0v) is 13.3. The first-order valence-corrected chi connectivity index (χ1v) is 7.92. The maximum absolute atomic E-state index is 11.8. The molecule has 1 amide bonds. The van der Waals surface area contributed by atoms with Gasteiger partial charge in [-0.3, -0.25) is 4.79 Å². The SMILES string of the molecule is CC(=O)N(CCc1ccccc1)Cc1nc(C2CCOC2)no1. The number of carbonyl (C=O) groups is 1. The Kier molecular flexibility index (Phi) is 5.02. The molecule has 1 aromatic carbocycles. The number of ether oxygens (including phenoxy) is 1. The van der Waals surface area contributed by atoms with E-state index in [1.807, 2.05) is 18.2 Å². The van der Waals surface area contributed by atoms with Gasteiger partial charge in [-0.15, -0.1) is 0 Å². The predicted molar refractivity (Wildman–Crippen MR) is 83.7 cm³/mol. The van der Waals surface area contributed by atoms with Gasteiger partial charge >= 0.3 is 0 Å². The van der Waals surface area contributed by atoms with E-state index in [9.17, 15) is 4.79 Å². The van der Waals surface area contributed by atoms with Gasteiger partial charge in [0.05, 0.1) is 13.2 Å². The fourth-order valence-corrected chi connectivity index (χ4v) is 2.66. The molecule has 1 aliphatic rings. The van der Waals surface area contributed by atoms with Gasteiger partial charge in [-0.2, -0.15) is 4.98 Å². The molecular formula is C17H21N3O3. The molecule has 3 rings (SSSR count). The number of nitrogens with zero attached hydrogens (tertiary/aromatic N) is 3. The average molecular weight is 315 g/mol. The van der Waals surface area contributed by atoms with Crippen LogP contribution >= 0.6 is 0 Å². The van der Waals surface area contributed by atoms with Crippen molar-refractivity contribution in [3.8, 4) is 0 Å². The first kappa shape index (κ1) is 15.7. The van der Waals surface area contributed by atoms with Crippen LogP contribution in [0.4, 0.5) is 0 Å². The minimum Gasteiger partial charge on any atom is -0.381 e. The van der Waals surface area contributed by atoms with Crippen LogP contribution in [0.25, 0.3) is 0 Å². The van der Waals surface area contributed by atoms with Gasteiger partial charge in [0.15, 0.2) is 5.82 Å². The monoisotopic (exact) mass is 315 g/mol. The third kappa shape index (κ3) is 4.16. The first-order valence-electron chi connectivity index (χ1n) is 7.92. The van der Waals surface area contributed by atoms with E-state index in [1.54, 1.807) is 11.8 Å². The topological polar surface area (TPSA) is 68.5 Å². The van der Waals surface area contributed by atoms with Crippen molar-refractivity contribution < 1.29 is 14.1 Å². The van der Waals surface area contributed by atoms with E-state index in [-0.39, 0.29) is 11.8 Å². The Bertz CT molecular complexity index is 636. The van der Waals surface area contributed by atoms with Gasteiger partial charge in [0.25, 0.3) is 0 Å². The van der Waals surface area contributed by atoms with Gasteiger partial charge in [0, 0.05) is 26.0 Å². The molecule has 122 valence electrons. The molecule has 2 heterocycles. The number of aromatic nitrogens is 2. The lowest BCUT2D eigenvalue weighted by Crippen LogP contribution is -2.30. The van der Waals surface area contributed by atoms with Crippen LogP contribution in [0.2, 0.25) is 0 Å². The standard InChI is InChI=1S/C17H21N3O3/c1-13(21)20(9-7-14-5-3-2-4-6-14)11-16-18-17(19-23-16)15-8-10-22-12-15/h2-6,15H,7-12H2,1H3. The molecule has 2 aromatic rings. The van der Waals surface area contributed by atoms with E-state index in [4.69, 9.17) is 9.26 Å². The van der Waals surface area contributed by atoms with Crippen molar-refractivity contribution in [2.75, 3.05) is 19.8 Å². The summed E-state index contributed by atoms with van der Waals surface area (Å²) in [5, 5.41) is 4.02. The average Bonchev–Trinajstić information content (AvgIpc) is 3.23. The summed E-state index contributed by atoms with van der Waals surface area (Å²) < 4.78 is 10.6. The van der Waals surface area contributed by atoms with Gasteiger partial charge in [-0.25, -0.2) is 0 Å². The summed E-state index contributed by atoms with van der Waals surface area (Å²) in [4.78, 5) is 18.0. The Morgan fingerprint density at radius 2 is 2.17 bits per heavy atom. The van der Waals surface area contributed by atoms with Crippen LogP contribution in [0, 0.1) is 0 Å². The normalized spacial score (nSPS) is 17.3. The number of amides is 1. The Morgan fingerprint density at radius 1 is 1.35 bits per heavy atom. The van der Waals surface area contributed by atoms with E-state index < -0.39 is 0 Å². The summed E-state index contributed by atoms with van der Waals surface area (Å²) in [6, 6.07) is 10.1. The Morgan fingerprint density at radius 3 is 2.87 bits per heavy atom. The summed E-state index contributed by atoms with van der Waals surface area (Å²) in [7, 11) is 0. The van der Waals surface area contributed by atoms with E-state index in [0.717, 1.165) is 19.4 Å². The summed E-state index contributed by atoms with van der Waals surface area (Å²) in [5.74, 6) is 1.38. The second-order valence-electron chi connectivity index (χ2n) is 5.78. The fraction of sp³-hybridized carbons (Fsp3) is 0.471. The smallest absolute Gasteiger partial charge is 0.246 e. The summed E-state index contributed by atoms with van der Waals surface area (Å²) in [5.41, 5.74) is 1.20. The molecule has 23 heavy (non-hydrogen) atoms. The van der Waals surface area contributed by atoms with Crippen LogP contribution in [0.1, 0.15) is 36.5 Å². The van der Waals surface area contributed by atoms with Crippen LogP contribution in [-0.2, 0) is 22.5 Å². The second-order valence-corrected chi connectivity index (χ2v) is 5.78. The molecule has 1 aliphatic heterocycles. The summed E-state index contributed by atoms with van der Waals surface area (Å²) >= 11 is 0. The third-order valence-electron chi connectivity index (χ3n) is 4.06. The second kappa shape index (κ2) is 7.37. The molecule has 0 aliphatic carbocycles. The van der Waals surface area contributed by atoms with Crippen LogP contribution in [0.15, 0.2) is 34.9 Å². The van der Waals surface area contributed by atoms with Crippen molar-refractivity contribution in [1.29, 1.82) is 0 Å². The van der Waals surface area contributed by atoms with Gasteiger partial charge in [-0.05, 0) is 18.4 Å². The predicted octanol–water partition coefficient (Wildman–Crippen LogP) is 2.16. The molecule has 0 spiro atoms. The number of carbonyl (C=O) groups excluding carboxylic acids is 1. The molecule has 1 aromatic heterocycles. The first-order chi connectivity index (χ1) is 11.2. The lowest BCUT2D eigenvalue weighted by Gasteiger charge is -2.18. The van der Waals surface area contributed by atoms with E-state index in [0.29, 0.717) is 31.4 Å². The van der Waals surface area contributed by atoms with E-state index >= 15 is 0 Å². The maximum Gasteiger partial charge on any atom is 0.246 e. The van der Waals surface area contributed by atoms with Crippen molar-refractivity contribution in [3.05, 3.63) is 47.6 Å². The van der Waals surface area contributed by atoms with Crippen molar-refractivity contribution in [3.63, 3.8) is 0 Å². The zero-order chi connectivity index (χ0) is 16.1. The molecule has 6 nitrogen and oxygen atoms in total. The van der Waals surface area contributed by atoms with Gasteiger partial charge in [-0.1, -0.05) is 35.5 Å². The van der Waals surface area contributed by atoms with Crippen LogP contribution < -0.4 is 0 Å². The molecule has 1 saturated heterocycles. The Hall–Kier alpha value is -2.21. The minimum absolute atomic E-state index is 0.00452. The van der Waals surface area contributed by atoms with Crippen molar-refractivity contribution in [2.45, 2.75) is 32.2 Å². The molecule has 1 unspecified atom stereocenters. The third-order valence-corrected chi connectivity index (χ3v) is 4.06. The van der Waals surface area contributed by atoms with E-state index in [1.165, 1.54) is 5.56 Å². The van der Waals surface area contributed by atoms with Gasteiger partial charge in [0.2, 0.25) is 11.8 Å². The largest absolute Gasteiger partial charge is 0.381 e. The quantitative estimate of drug-likeness (QED) is 0.817. The summed E-state index contributed by atoms with van der Waals surface area (Å²) in [6.07, 6.45) is 1.72. The van der Waals surface area contributed by atoms with Crippen LogP contribution in [0.5, 0.6) is 0 Å². The zero-order valence-electron chi connectivity index (χ0n) is 13.3. The molecule has 0 bridgehead atoms. The Balaban J connectivity index is 1.59. The molecule has 0 radical (unpaired) electrons. The highest BCUT2D eigenvalue weighted by Gasteiger charge is 2.24. The molecule has 1 fully saturated rings. The van der Waals surface area contributed by atoms with Crippen molar-refractivity contribution >= 4 is 5.91 Å². The lowest BCUT2D eigenvalue weighted by molar-refractivity contribution is -0.129. The molecule has 0 N–H and O–H groups in total. The Labute approximate surface area is 135 Å². The highest BCUT2D eigenvalue weighted by atomic mass is 16.5. The molecule has 6 heteroatoms. The van der Waals surface area contributed by atoms with Crippen LogP contribution in [0.3, 0.4) is 0 Å². The minimum atomic E-state index is 0.00452. The number of hydrogen-bond donors (Lipinski definition) is 0. The molecule has 0 saturated carbocycles. The van der Waals surface area contributed by atoms with Gasteiger partial charge in [0.1, 0.15) is 0 Å². The fourth-order valence-electron chi connectivity index (χ4n) is 2.66. The molecule has 1 atom stereocenters. The highest BCUT2D eigenvalue weighted by Crippen LogP contribution is 2.22. The lowest BCUT2D eigenvalue weighted by atomic mass is 10.1. The van der Waals surface area contributed by atoms with Crippen LogP contribution in [-0.4, -0.2) is 40.7 Å². The highest BCUT2D eigenvalue weighted by molar-refractivity contribution is 5.73.